The van der Waals surface area contributed by atoms with Crippen molar-refractivity contribution in [3.63, 3.8) is 0 Å². The van der Waals surface area contributed by atoms with E-state index in [2.05, 4.69) is 25.9 Å². The van der Waals surface area contributed by atoms with E-state index in [1.54, 1.807) is 92.9 Å². The Morgan fingerprint density at radius 2 is 1.05 bits per heavy atom. The van der Waals surface area contributed by atoms with Gasteiger partial charge in [0.1, 0.15) is 22.4 Å². The average molecular weight is 864 g/mol. The first-order valence-corrected chi connectivity index (χ1v) is 21.0. The molecule has 4 rings (SSSR count). The third-order valence-corrected chi connectivity index (χ3v) is 9.47. The van der Waals surface area contributed by atoms with Crippen molar-refractivity contribution in [1.29, 1.82) is 0 Å². The van der Waals surface area contributed by atoms with E-state index in [4.69, 9.17) is 18.9 Å². The molecular weight excluding hydrogens is 803 g/mol. The Morgan fingerprint density at radius 3 is 1.44 bits per heavy atom. The third-order valence-electron chi connectivity index (χ3n) is 8.43. The number of aryl methyl sites for hydroxylation is 1. The zero-order chi connectivity index (χ0) is 45.5. The van der Waals surface area contributed by atoms with Gasteiger partial charge in [0.15, 0.2) is 0 Å². The minimum Gasteiger partial charge on any atom is -0.444 e. The van der Waals surface area contributed by atoms with Gasteiger partial charge in [0.25, 0.3) is 5.91 Å². The highest BCUT2D eigenvalue weighted by Gasteiger charge is 2.27. The highest BCUT2D eigenvalue weighted by molar-refractivity contribution is 7.14. The molecule has 0 unspecified atom stereocenters. The molecule has 0 atom stereocenters. The van der Waals surface area contributed by atoms with E-state index in [9.17, 15) is 24.0 Å². The second-order valence-corrected chi connectivity index (χ2v) is 19.8. The number of aliphatic imine (C=N–C) groups is 2. The number of carbonyl (C=O) groups is 5. The maximum Gasteiger partial charge on any atom is 0.437 e. The number of anilines is 1. The molecule has 3 N–H and O–H groups in total. The van der Waals surface area contributed by atoms with Crippen molar-refractivity contribution in [3.05, 3.63) is 63.4 Å². The van der Waals surface area contributed by atoms with Gasteiger partial charge >= 0.3 is 24.4 Å². The Bertz CT molecular complexity index is 2090. The molecule has 2 aliphatic heterocycles. The van der Waals surface area contributed by atoms with Crippen LogP contribution in [0.15, 0.2) is 52.5 Å². The van der Waals surface area contributed by atoms with Crippen molar-refractivity contribution >= 4 is 70.4 Å². The van der Waals surface area contributed by atoms with Gasteiger partial charge in [-0.1, -0.05) is 24.3 Å². The lowest BCUT2D eigenvalue weighted by molar-refractivity contribution is 0.0536. The number of carbonyl (C=O) groups excluding carboxylic acids is 5. The van der Waals surface area contributed by atoms with Crippen molar-refractivity contribution in [2.45, 2.75) is 125 Å². The van der Waals surface area contributed by atoms with Crippen LogP contribution in [-0.4, -0.2) is 101 Å². The fourth-order valence-corrected chi connectivity index (χ4v) is 6.94. The topological polar surface area (TPSA) is 190 Å². The number of thiophene rings is 1. The van der Waals surface area contributed by atoms with Crippen LogP contribution in [0.5, 0.6) is 0 Å². The molecule has 0 radical (unpaired) electrons. The highest BCUT2D eigenvalue weighted by atomic mass is 32.1. The van der Waals surface area contributed by atoms with Gasteiger partial charge in [-0.15, -0.1) is 21.3 Å². The largest absolute Gasteiger partial charge is 0.444 e. The molecule has 332 valence electrons. The summed E-state index contributed by atoms with van der Waals surface area (Å²) in [7, 11) is 0. The van der Waals surface area contributed by atoms with Crippen LogP contribution >= 0.6 is 11.3 Å². The van der Waals surface area contributed by atoms with Crippen molar-refractivity contribution in [2.24, 2.45) is 9.98 Å². The zero-order valence-electron chi connectivity index (χ0n) is 37.7. The number of rotatable bonds is 4. The molecule has 2 aliphatic rings. The van der Waals surface area contributed by atoms with Crippen LogP contribution < -0.4 is 16.0 Å². The minimum absolute atomic E-state index is 0.0279. The van der Waals surface area contributed by atoms with E-state index in [0.29, 0.717) is 49.6 Å². The maximum absolute atomic E-state index is 13.5. The van der Waals surface area contributed by atoms with E-state index < -0.39 is 46.8 Å². The minimum atomic E-state index is -0.835. The number of hydrogen-bond donors (Lipinski definition) is 3. The summed E-state index contributed by atoms with van der Waals surface area (Å²) in [4.78, 5) is 77.2. The Balaban J connectivity index is 1.41. The first-order chi connectivity index (χ1) is 28.1. The van der Waals surface area contributed by atoms with Gasteiger partial charge in [0.05, 0.1) is 4.88 Å². The van der Waals surface area contributed by atoms with Gasteiger partial charge < -0.3 is 34.1 Å². The fourth-order valence-electron chi connectivity index (χ4n) is 5.99. The molecule has 5 amide bonds. The Kier molecular flexibility index (Phi) is 15.2. The molecule has 0 spiro atoms. The lowest BCUT2D eigenvalue weighted by Crippen LogP contribution is -2.48. The molecule has 1 aromatic heterocycles. The van der Waals surface area contributed by atoms with Gasteiger partial charge in [0.2, 0.25) is 11.9 Å². The van der Waals surface area contributed by atoms with Crippen molar-refractivity contribution in [2.75, 3.05) is 31.5 Å². The lowest BCUT2D eigenvalue weighted by atomic mass is 9.99. The predicted molar refractivity (Wildman–Crippen MR) is 238 cm³/mol. The second-order valence-electron chi connectivity index (χ2n) is 18.5. The lowest BCUT2D eigenvalue weighted by Gasteiger charge is -2.30. The first kappa shape index (κ1) is 48.0. The number of nitrogens with zero attached hydrogens (tertiary/aromatic N) is 4. The molecule has 0 bridgehead atoms. The maximum atomic E-state index is 13.5. The number of ether oxygens (including phenoxy) is 4. The Hall–Kier alpha value is -5.71. The van der Waals surface area contributed by atoms with E-state index in [1.165, 1.54) is 11.3 Å². The molecular formula is C44H61N7O9S. The predicted octanol–water partition coefficient (Wildman–Crippen LogP) is 9.12. The number of guanidine groups is 2. The van der Waals surface area contributed by atoms with Crippen LogP contribution in [0, 0.1) is 6.92 Å². The summed E-state index contributed by atoms with van der Waals surface area (Å²) in [6.45, 7) is 24.4. The zero-order valence-corrected chi connectivity index (χ0v) is 38.5. The molecule has 17 heteroatoms. The SMILES string of the molecule is Cc1sc(C(=O)Nc2ccc(C3=CCN(/C(=N\C(=O)OC(C)(C)C)NC(=O)OC(C)(C)C)CC3)cc2)cc1C1=CCN(/C(=N\C(=O)OC(C)(C)C)NC(=O)OC(C)(C)C)CC1. The monoisotopic (exact) mass is 863 g/mol. The highest BCUT2D eigenvalue weighted by Crippen LogP contribution is 2.32. The molecule has 0 fully saturated rings. The second kappa shape index (κ2) is 19.3. The third kappa shape index (κ3) is 16.0. The molecule has 16 nitrogen and oxygen atoms in total. The quantitative estimate of drug-likeness (QED) is 0.151. The number of nitrogens with one attached hydrogen (secondary N) is 3. The van der Waals surface area contributed by atoms with E-state index in [1.807, 2.05) is 49.4 Å². The summed E-state index contributed by atoms with van der Waals surface area (Å²) < 4.78 is 21.5. The Morgan fingerprint density at radius 1 is 0.623 bits per heavy atom. The standard InChI is InChI=1S/C44H61N7O9S/c1-27-32(30-20-24-51(25-21-30)36(48-39(55)59-43(8,9)10)49-40(56)60-44(11,12)13)26-33(61-27)34(52)45-31-16-14-28(15-17-31)29-18-22-50(23-19-29)35(46-37(53)57-41(2,3)4)47-38(54)58-42(5,6)7/h14-18,20,26H,19,21-25H2,1-13H3,(H,45,52)(H,46,47,53,54)(H,48,49,55,56). The van der Waals surface area contributed by atoms with E-state index >= 15 is 0 Å². The number of alkyl carbamates (subject to hydrolysis) is 2. The summed E-state index contributed by atoms with van der Waals surface area (Å²) in [6, 6.07) is 9.46. The average Bonchev–Trinajstić information content (AvgIpc) is 3.50. The summed E-state index contributed by atoms with van der Waals surface area (Å²) >= 11 is 1.40. The van der Waals surface area contributed by atoms with Gasteiger partial charge in [0, 0.05) is 36.7 Å². The molecule has 3 heterocycles. The van der Waals surface area contributed by atoms with E-state index in [-0.39, 0.29) is 17.8 Å². The molecule has 1 aromatic carbocycles. The Labute approximate surface area is 362 Å². The number of amides is 5. The van der Waals surface area contributed by atoms with Crippen LogP contribution in [0.2, 0.25) is 0 Å². The molecule has 0 saturated heterocycles. The van der Waals surface area contributed by atoms with E-state index in [0.717, 1.165) is 27.2 Å². The van der Waals surface area contributed by atoms with Crippen LogP contribution in [0.3, 0.4) is 0 Å². The van der Waals surface area contributed by atoms with Crippen molar-refractivity contribution in [3.8, 4) is 0 Å². The summed E-state index contributed by atoms with van der Waals surface area (Å²) in [5.41, 5.74) is 1.62. The molecule has 61 heavy (non-hydrogen) atoms. The van der Waals surface area contributed by atoms with Gasteiger partial charge in [-0.3, -0.25) is 15.4 Å². The summed E-state index contributed by atoms with van der Waals surface area (Å²) in [6.07, 6.45) is 2.01. The van der Waals surface area contributed by atoms with Gasteiger partial charge in [-0.2, -0.15) is 0 Å². The normalized spacial score (nSPS) is 15.6. The van der Waals surface area contributed by atoms with Crippen molar-refractivity contribution in [1.82, 2.24) is 20.4 Å². The van der Waals surface area contributed by atoms with Gasteiger partial charge in [-0.05, 0) is 143 Å². The fraction of sp³-hybridized carbons (Fsp3) is 0.523. The molecule has 0 saturated carbocycles. The molecule has 2 aromatic rings. The van der Waals surface area contributed by atoms with Crippen LogP contribution in [0.25, 0.3) is 11.1 Å². The smallest absolute Gasteiger partial charge is 0.437 e. The van der Waals surface area contributed by atoms with Crippen molar-refractivity contribution < 1.29 is 42.9 Å². The van der Waals surface area contributed by atoms with Crippen LogP contribution in [-0.2, 0) is 18.9 Å². The van der Waals surface area contributed by atoms with Crippen LogP contribution in [0.1, 0.15) is 122 Å². The summed E-state index contributed by atoms with van der Waals surface area (Å²) in [5, 5.41) is 8.23. The van der Waals surface area contributed by atoms with Gasteiger partial charge in [-0.25, -0.2) is 19.2 Å². The first-order valence-electron chi connectivity index (χ1n) is 20.2. The molecule has 0 aliphatic carbocycles. The number of benzene rings is 1. The van der Waals surface area contributed by atoms with Crippen LogP contribution in [0.4, 0.5) is 24.9 Å². The summed E-state index contributed by atoms with van der Waals surface area (Å²) in [5.74, 6) is -0.169. The number of hydrogen-bond acceptors (Lipinski definition) is 10.